The van der Waals surface area contributed by atoms with Crippen LogP contribution in [-0.2, 0) is 6.54 Å². The third-order valence-electron chi connectivity index (χ3n) is 2.52. The van der Waals surface area contributed by atoms with Crippen molar-refractivity contribution in [1.29, 1.82) is 0 Å². The van der Waals surface area contributed by atoms with Gasteiger partial charge in [0.1, 0.15) is 18.0 Å². The van der Waals surface area contributed by atoms with Crippen LogP contribution in [0.5, 0.6) is 0 Å². The molecule has 17 heavy (non-hydrogen) atoms. The number of pyridine rings is 1. The van der Waals surface area contributed by atoms with E-state index in [0.29, 0.717) is 6.54 Å². The Morgan fingerprint density at radius 3 is 3.12 bits per heavy atom. The number of fused-ring (bicyclic) bond motifs is 1. The number of hydrogen-bond donors (Lipinski definition) is 2. The van der Waals surface area contributed by atoms with Gasteiger partial charge in [0.15, 0.2) is 5.65 Å². The molecule has 3 heterocycles. The minimum Gasteiger partial charge on any atom is -0.363 e. The standard InChI is InChI=1S/C11H12N6/c1-8-4-10(14-6-9-12-2-3-13-9)17-11(5-8)15-7-16-17/h2-5,7,14H,6H2,1H3,(H,12,13). The van der Waals surface area contributed by atoms with Crippen LogP contribution in [0.25, 0.3) is 5.65 Å². The van der Waals surface area contributed by atoms with Crippen molar-refractivity contribution in [2.24, 2.45) is 0 Å². The van der Waals surface area contributed by atoms with Gasteiger partial charge in [0.25, 0.3) is 0 Å². The maximum atomic E-state index is 4.17. The van der Waals surface area contributed by atoms with Crippen molar-refractivity contribution >= 4 is 11.5 Å². The predicted octanol–water partition coefficient (Wildman–Crippen LogP) is 1.37. The number of aromatic amines is 1. The van der Waals surface area contributed by atoms with Crippen LogP contribution in [0.15, 0.2) is 30.9 Å². The second-order valence-corrected chi connectivity index (χ2v) is 3.84. The van der Waals surface area contributed by atoms with Gasteiger partial charge >= 0.3 is 0 Å². The van der Waals surface area contributed by atoms with Gasteiger partial charge < -0.3 is 10.3 Å². The van der Waals surface area contributed by atoms with E-state index in [2.05, 4.69) is 25.4 Å². The molecule has 0 bridgehead atoms. The highest BCUT2D eigenvalue weighted by Crippen LogP contribution is 2.13. The van der Waals surface area contributed by atoms with E-state index in [0.717, 1.165) is 22.9 Å². The second-order valence-electron chi connectivity index (χ2n) is 3.84. The van der Waals surface area contributed by atoms with Crippen LogP contribution in [0.1, 0.15) is 11.4 Å². The fourth-order valence-corrected chi connectivity index (χ4v) is 1.75. The van der Waals surface area contributed by atoms with Crippen LogP contribution < -0.4 is 5.32 Å². The molecule has 3 rings (SSSR count). The molecule has 0 radical (unpaired) electrons. The summed E-state index contributed by atoms with van der Waals surface area (Å²) in [6, 6.07) is 4.02. The van der Waals surface area contributed by atoms with Crippen molar-refractivity contribution in [3.8, 4) is 0 Å². The number of hydrogen-bond acceptors (Lipinski definition) is 4. The largest absolute Gasteiger partial charge is 0.363 e. The van der Waals surface area contributed by atoms with E-state index in [1.165, 1.54) is 0 Å². The molecule has 0 saturated heterocycles. The number of rotatable bonds is 3. The molecule has 0 amide bonds. The predicted molar refractivity (Wildman–Crippen MR) is 63.6 cm³/mol. The zero-order chi connectivity index (χ0) is 11.7. The Hall–Kier alpha value is -2.37. The molecule has 6 heteroatoms. The van der Waals surface area contributed by atoms with Crippen LogP contribution in [-0.4, -0.2) is 24.6 Å². The lowest BCUT2D eigenvalue weighted by Crippen LogP contribution is -2.06. The minimum absolute atomic E-state index is 0.630. The number of aromatic nitrogens is 5. The number of H-pyrrole nitrogens is 1. The molecule has 0 spiro atoms. The highest BCUT2D eigenvalue weighted by atomic mass is 15.3. The van der Waals surface area contributed by atoms with Gasteiger partial charge in [-0.05, 0) is 24.6 Å². The van der Waals surface area contributed by atoms with E-state index < -0.39 is 0 Å². The molecule has 2 N–H and O–H groups in total. The van der Waals surface area contributed by atoms with Gasteiger partial charge in [-0.2, -0.15) is 9.61 Å². The van der Waals surface area contributed by atoms with Crippen molar-refractivity contribution in [2.45, 2.75) is 13.5 Å². The highest BCUT2D eigenvalue weighted by Gasteiger charge is 2.04. The fourth-order valence-electron chi connectivity index (χ4n) is 1.75. The first-order valence-electron chi connectivity index (χ1n) is 5.35. The molecule has 0 aliphatic carbocycles. The number of nitrogens with zero attached hydrogens (tertiary/aromatic N) is 4. The van der Waals surface area contributed by atoms with E-state index in [-0.39, 0.29) is 0 Å². The maximum absolute atomic E-state index is 4.17. The Morgan fingerprint density at radius 2 is 2.29 bits per heavy atom. The summed E-state index contributed by atoms with van der Waals surface area (Å²) >= 11 is 0. The number of anilines is 1. The van der Waals surface area contributed by atoms with E-state index in [9.17, 15) is 0 Å². The van der Waals surface area contributed by atoms with Crippen LogP contribution >= 0.6 is 0 Å². The molecular formula is C11H12N6. The number of aryl methyl sites for hydroxylation is 1. The van der Waals surface area contributed by atoms with Crippen molar-refractivity contribution in [3.63, 3.8) is 0 Å². The number of imidazole rings is 1. The Kier molecular flexibility index (Phi) is 2.25. The lowest BCUT2D eigenvalue weighted by Gasteiger charge is -2.07. The number of nitrogens with one attached hydrogen (secondary N) is 2. The Labute approximate surface area is 97.7 Å². The first kappa shape index (κ1) is 9.83. The smallest absolute Gasteiger partial charge is 0.157 e. The maximum Gasteiger partial charge on any atom is 0.157 e. The monoisotopic (exact) mass is 228 g/mol. The van der Waals surface area contributed by atoms with Crippen molar-refractivity contribution in [3.05, 3.63) is 42.2 Å². The summed E-state index contributed by atoms with van der Waals surface area (Å²) in [5, 5.41) is 7.46. The minimum atomic E-state index is 0.630. The van der Waals surface area contributed by atoms with Crippen LogP contribution in [0.2, 0.25) is 0 Å². The van der Waals surface area contributed by atoms with Crippen molar-refractivity contribution in [2.75, 3.05) is 5.32 Å². The lowest BCUT2D eigenvalue weighted by atomic mass is 10.3. The Bertz CT molecular complexity index is 625. The highest BCUT2D eigenvalue weighted by molar-refractivity contribution is 5.51. The van der Waals surface area contributed by atoms with Gasteiger partial charge in [-0.15, -0.1) is 0 Å². The van der Waals surface area contributed by atoms with E-state index in [1.54, 1.807) is 23.2 Å². The van der Waals surface area contributed by atoms with Crippen molar-refractivity contribution in [1.82, 2.24) is 24.6 Å². The lowest BCUT2D eigenvalue weighted by molar-refractivity contribution is 0.919. The summed E-state index contributed by atoms with van der Waals surface area (Å²) in [5.74, 6) is 1.80. The van der Waals surface area contributed by atoms with Gasteiger partial charge in [-0.25, -0.2) is 9.97 Å². The van der Waals surface area contributed by atoms with Crippen LogP contribution in [0, 0.1) is 6.92 Å². The van der Waals surface area contributed by atoms with Gasteiger partial charge in [0.2, 0.25) is 0 Å². The van der Waals surface area contributed by atoms with Crippen LogP contribution in [0.3, 0.4) is 0 Å². The quantitative estimate of drug-likeness (QED) is 0.710. The topological polar surface area (TPSA) is 70.9 Å². The van der Waals surface area contributed by atoms with E-state index in [4.69, 9.17) is 0 Å². The third kappa shape index (κ3) is 1.84. The summed E-state index contributed by atoms with van der Waals surface area (Å²) in [6.07, 6.45) is 5.09. The van der Waals surface area contributed by atoms with Gasteiger partial charge in [-0.1, -0.05) is 0 Å². The first-order chi connectivity index (χ1) is 8.33. The molecule has 0 unspecified atom stereocenters. The second kappa shape index (κ2) is 3.89. The summed E-state index contributed by atoms with van der Waals surface area (Å²) in [4.78, 5) is 11.4. The SMILES string of the molecule is Cc1cc(NCc2ncc[nH]2)n2ncnc2c1. The summed E-state index contributed by atoms with van der Waals surface area (Å²) in [5.41, 5.74) is 1.99. The van der Waals surface area contributed by atoms with E-state index >= 15 is 0 Å². The average Bonchev–Trinajstić information content (AvgIpc) is 2.95. The summed E-state index contributed by atoms with van der Waals surface area (Å²) in [7, 11) is 0. The fraction of sp³-hybridized carbons (Fsp3) is 0.182. The zero-order valence-electron chi connectivity index (χ0n) is 9.38. The van der Waals surface area contributed by atoms with Crippen molar-refractivity contribution < 1.29 is 0 Å². The normalized spacial score (nSPS) is 10.9. The Balaban J connectivity index is 1.91. The molecule has 0 saturated carbocycles. The molecule has 0 aromatic carbocycles. The van der Waals surface area contributed by atoms with Gasteiger partial charge in [-0.3, -0.25) is 0 Å². The molecule has 0 atom stereocenters. The van der Waals surface area contributed by atoms with Gasteiger partial charge in [0.05, 0.1) is 6.54 Å². The van der Waals surface area contributed by atoms with Gasteiger partial charge in [0, 0.05) is 12.4 Å². The van der Waals surface area contributed by atoms with Crippen LogP contribution in [0.4, 0.5) is 5.82 Å². The molecule has 86 valence electrons. The molecule has 6 nitrogen and oxygen atoms in total. The molecule has 3 aromatic heterocycles. The molecule has 0 aliphatic heterocycles. The average molecular weight is 228 g/mol. The molecule has 3 aromatic rings. The molecular weight excluding hydrogens is 216 g/mol. The van der Waals surface area contributed by atoms with E-state index in [1.807, 2.05) is 19.1 Å². The third-order valence-corrected chi connectivity index (χ3v) is 2.52. The Morgan fingerprint density at radius 1 is 1.35 bits per heavy atom. The first-order valence-corrected chi connectivity index (χ1v) is 5.35. The summed E-state index contributed by atoms with van der Waals surface area (Å²) in [6.45, 7) is 2.66. The zero-order valence-corrected chi connectivity index (χ0v) is 9.38. The summed E-state index contributed by atoms with van der Waals surface area (Å²) < 4.78 is 1.77. The molecule has 0 aliphatic rings. The molecule has 0 fully saturated rings.